The quantitative estimate of drug-likeness (QED) is 0.523. The van der Waals surface area contributed by atoms with Gasteiger partial charge in [-0.05, 0) is 31.0 Å². The molecule has 1 aliphatic heterocycles. The maximum Gasteiger partial charge on any atom is 0.217 e. The molecule has 5 heterocycles. The van der Waals surface area contributed by atoms with E-state index in [4.69, 9.17) is 4.98 Å². The van der Waals surface area contributed by atoms with Crippen molar-refractivity contribution in [3.8, 4) is 28.3 Å². The molecule has 1 fully saturated rings. The Kier molecular flexibility index (Phi) is 5.26. The summed E-state index contributed by atoms with van der Waals surface area (Å²) < 4.78 is 3.51. The van der Waals surface area contributed by atoms with E-state index in [1.54, 1.807) is 22.3 Å². The molecule has 1 aliphatic rings. The van der Waals surface area contributed by atoms with E-state index in [1.807, 2.05) is 44.0 Å². The van der Waals surface area contributed by atoms with Crippen LogP contribution in [0.4, 0.5) is 5.82 Å². The van der Waals surface area contributed by atoms with Gasteiger partial charge in [0.1, 0.15) is 11.9 Å². The second-order valence-electron chi connectivity index (χ2n) is 8.38. The molecular formula is C24H24N8O. The number of rotatable bonds is 4. The summed E-state index contributed by atoms with van der Waals surface area (Å²) >= 11 is 0. The first-order chi connectivity index (χ1) is 16.0. The number of aryl methyl sites for hydroxylation is 1. The molecule has 0 unspecified atom stereocenters. The number of nitrogens with one attached hydrogen (secondary N) is 1. The molecule has 0 radical (unpaired) electrons. The fourth-order valence-corrected chi connectivity index (χ4v) is 4.42. The van der Waals surface area contributed by atoms with E-state index in [0.717, 1.165) is 59.5 Å². The summed E-state index contributed by atoms with van der Waals surface area (Å²) in [5.41, 5.74) is 5.03. The van der Waals surface area contributed by atoms with E-state index in [9.17, 15) is 10.1 Å². The van der Waals surface area contributed by atoms with Crippen molar-refractivity contribution in [1.82, 2.24) is 29.7 Å². The molecule has 9 nitrogen and oxygen atoms in total. The van der Waals surface area contributed by atoms with Gasteiger partial charge in [0.05, 0.1) is 23.5 Å². The van der Waals surface area contributed by atoms with Crippen molar-refractivity contribution in [3.05, 3.63) is 54.7 Å². The van der Waals surface area contributed by atoms with Crippen molar-refractivity contribution in [2.45, 2.75) is 25.8 Å². The van der Waals surface area contributed by atoms with E-state index in [1.165, 1.54) is 0 Å². The molecule has 1 saturated heterocycles. The number of carbonyl (C=O) groups is 1. The topological polar surface area (TPSA) is 104 Å². The SMILES string of the molecule is CC(=O)NC1CCN(c2ccc(-c3cc(-c4cnn(C)c4)cn4ncc(C#N)c34)cn2)CC1. The summed E-state index contributed by atoms with van der Waals surface area (Å²) in [6.45, 7) is 3.25. The monoisotopic (exact) mass is 440 g/mol. The lowest BCUT2D eigenvalue weighted by atomic mass is 10.0. The van der Waals surface area contributed by atoms with E-state index < -0.39 is 0 Å². The van der Waals surface area contributed by atoms with E-state index in [-0.39, 0.29) is 11.9 Å². The van der Waals surface area contributed by atoms with Crippen LogP contribution in [0.25, 0.3) is 27.8 Å². The van der Waals surface area contributed by atoms with Gasteiger partial charge in [-0.15, -0.1) is 0 Å². The molecule has 9 heteroatoms. The predicted octanol–water partition coefficient (Wildman–Crippen LogP) is 2.77. The van der Waals surface area contributed by atoms with Crippen LogP contribution in [0.15, 0.2) is 49.2 Å². The first kappa shape index (κ1) is 20.7. The third kappa shape index (κ3) is 4.03. The van der Waals surface area contributed by atoms with Gasteiger partial charge in [0.25, 0.3) is 0 Å². The highest BCUT2D eigenvalue weighted by molar-refractivity contribution is 5.87. The highest BCUT2D eigenvalue weighted by Crippen LogP contribution is 2.32. The minimum atomic E-state index is 0.0207. The second-order valence-corrected chi connectivity index (χ2v) is 8.38. The van der Waals surface area contributed by atoms with Crippen molar-refractivity contribution < 1.29 is 4.79 Å². The number of amides is 1. The van der Waals surface area contributed by atoms with Crippen LogP contribution in [0.1, 0.15) is 25.3 Å². The molecule has 0 atom stereocenters. The number of hydrogen-bond donors (Lipinski definition) is 1. The normalized spacial score (nSPS) is 14.4. The number of fused-ring (bicyclic) bond motifs is 1. The Morgan fingerprint density at radius 1 is 1.09 bits per heavy atom. The first-order valence-corrected chi connectivity index (χ1v) is 10.9. The first-order valence-electron chi connectivity index (χ1n) is 10.9. The third-order valence-electron chi connectivity index (χ3n) is 6.06. The van der Waals surface area contributed by atoms with Gasteiger partial charge in [-0.25, -0.2) is 9.50 Å². The van der Waals surface area contributed by atoms with Crippen LogP contribution in [0.3, 0.4) is 0 Å². The van der Waals surface area contributed by atoms with Crippen LogP contribution in [0, 0.1) is 11.3 Å². The molecule has 1 amide bonds. The van der Waals surface area contributed by atoms with Crippen LogP contribution in [0.2, 0.25) is 0 Å². The van der Waals surface area contributed by atoms with Crippen molar-refractivity contribution >= 4 is 17.2 Å². The zero-order valence-corrected chi connectivity index (χ0v) is 18.6. The average molecular weight is 441 g/mol. The zero-order chi connectivity index (χ0) is 22.9. The van der Waals surface area contributed by atoms with Crippen molar-refractivity contribution in [2.75, 3.05) is 18.0 Å². The molecule has 4 aromatic rings. The van der Waals surface area contributed by atoms with Crippen LogP contribution in [0.5, 0.6) is 0 Å². The summed E-state index contributed by atoms with van der Waals surface area (Å²) in [6, 6.07) is 8.59. The van der Waals surface area contributed by atoms with Gasteiger partial charge in [0.2, 0.25) is 5.91 Å². The second kappa shape index (κ2) is 8.39. The molecule has 0 bridgehead atoms. The summed E-state index contributed by atoms with van der Waals surface area (Å²) in [5, 5.41) is 21.3. The number of nitrogens with zero attached hydrogens (tertiary/aromatic N) is 7. The van der Waals surface area contributed by atoms with Gasteiger partial charge in [0, 0.05) is 73.9 Å². The Balaban J connectivity index is 1.47. The molecular weight excluding hydrogens is 416 g/mol. The fourth-order valence-electron chi connectivity index (χ4n) is 4.42. The highest BCUT2D eigenvalue weighted by atomic mass is 16.1. The number of anilines is 1. The average Bonchev–Trinajstić information content (AvgIpc) is 3.44. The standard InChI is InChI=1S/C24H24N8O/c1-16(33)29-21-5-7-31(8-6-21)23-4-3-17(11-26-23)22-9-18(20-13-27-30(2)14-20)15-32-24(22)19(10-25)12-28-32/h3-4,9,11-15,21H,5-8H2,1-2H3,(H,29,33). The van der Waals surface area contributed by atoms with Gasteiger partial charge in [-0.2, -0.15) is 15.5 Å². The Morgan fingerprint density at radius 2 is 1.91 bits per heavy atom. The lowest BCUT2D eigenvalue weighted by Gasteiger charge is -2.33. The van der Waals surface area contributed by atoms with Crippen molar-refractivity contribution in [1.29, 1.82) is 5.26 Å². The lowest BCUT2D eigenvalue weighted by molar-refractivity contribution is -0.119. The Bertz CT molecular complexity index is 1350. The van der Waals surface area contributed by atoms with E-state index in [2.05, 4.69) is 32.5 Å². The maximum absolute atomic E-state index is 11.3. The van der Waals surface area contributed by atoms with Crippen LogP contribution in [-0.4, -0.2) is 49.4 Å². The minimum Gasteiger partial charge on any atom is -0.356 e. The van der Waals surface area contributed by atoms with Gasteiger partial charge in [0.15, 0.2) is 0 Å². The summed E-state index contributed by atoms with van der Waals surface area (Å²) in [5.74, 6) is 0.931. The highest BCUT2D eigenvalue weighted by Gasteiger charge is 2.21. The summed E-state index contributed by atoms with van der Waals surface area (Å²) in [4.78, 5) is 18.3. The van der Waals surface area contributed by atoms with Gasteiger partial charge in [-0.1, -0.05) is 0 Å². The van der Waals surface area contributed by atoms with Crippen LogP contribution >= 0.6 is 0 Å². The number of piperidine rings is 1. The molecule has 5 rings (SSSR count). The van der Waals surface area contributed by atoms with Crippen molar-refractivity contribution in [3.63, 3.8) is 0 Å². The smallest absolute Gasteiger partial charge is 0.217 e. The number of carbonyl (C=O) groups excluding carboxylic acids is 1. The van der Waals surface area contributed by atoms with Crippen LogP contribution < -0.4 is 10.2 Å². The maximum atomic E-state index is 11.3. The largest absolute Gasteiger partial charge is 0.356 e. The molecule has 0 spiro atoms. The zero-order valence-electron chi connectivity index (χ0n) is 18.6. The van der Waals surface area contributed by atoms with Gasteiger partial charge in [-0.3, -0.25) is 9.48 Å². The number of nitriles is 1. The van der Waals surface area contributed by atoms with E-state index in [0.29, 0.717) is 5.56 Å². The molecule has 0 aromatic carbocycles. The Labute approximate surface area is 191 Å². The minimum absolute atomic E-state index is 0.0207. The molecule has 0 aliphatic carbocycles. The van der Waals surface area contributed by atoms with Gasteiger partial charge >= 0.3 is 0 Å². The number of pyridine rings is 2. The molecule has 0 saturated carbocycles. The van der Waals surface area contributed by atoms with Crippen molar-refractivity contribution in [2.24, 2.45) is 7.05 Å². The predicted molar refractivity (Wildman–Crippen MR) is 124 cm³/mol. The molecule has 33 heavy (non-hydrogen) atoms. The summed E-state index contributed by atoms with van der Waals surface area (Å²) in [7, 11) is 1.88. The lowest BCUT2D eigenvalue weighted by Crippen LogP contribution is -2.44. The summed E-state index contributed by atoms with van der Waals surface area (Å²) in [6.07, 6.45) is 10.9. The molecule has 166 valence electrons. The van der Waals surface area contributed by atoms with E-state index >= 15 is 0 Å². The third-order valence-corrected chi connectivity index (χ3v) is 6.06. The number of aromatic nitrogens is 5. The number of hydrogen-bond acceptors (Lipinski definition) is 6. The molecule has 1 N–H and O–H groups in total. The molecule has 4 aromatic heterocycles. The van der Waals surface area contributed by atoms with Gasteiger partial charge < -0.3 is 10.2 Å². The Hall–Kier alpha value is -4.19. The fraction of sp³-hybridized carbons (Fsp3) is 0.292. The Morgan fingerprint density at radius 3 is 2.55 bits per heavy atom. The van der Waals surface area contributed by atoms with Crippen LogP contribution in [-0.2, 0) is 11.8 Å².